The number of ether oxygens (including phenoxy) is 1. The Morgan fingerprint density at radius 1 is 1.33 bits per heavy atom. The third-order valence-electron chi connectivity index (χ3n) is 2.93. The van der Waals surface area contributed by atoms with E-state index in [0.29, 0.717) is 11.5 Å². The van der Waals surface area contributed by atoms with Gasteiger partial charge in [0.1, 0.15) is 11.2 Å². The van der Waals surface area contributed by atoms with Crippen LogP contribution in [0.3, 0.4) is 0 Å². The van der Waals surface area contributed by atoms with E-state index in [-0.39, 0.29) is 11.7 Å². The number of Topliss-reactive ketones (excluding diaryl/α,β-unsaturated/α-hetero) is 1. The quantitative estimate of drug-likeness (QED) is 0.488. The zero-order valence-corrected chi connectivity index (χ0v) is 9.59. The fourth-order valence-electron chi connectivity index (χ4n) is 2.12. The van der Waals surface area contributed by atoms with Crippen molar-refractivity contribution in [1.29, 1.82) is 0 Å². The second kappa shape index (κ2) is 2.94. The number of rotatable bonds is 1. The molecule has 0 unspecified atom stereocenters. The van der Waals surface area contributed by atoms with Gasteiger partial charge in [0.05, 0.1) is 0 Å². The molecule has 82 valence electrons. The third-order valence-corrected chi connectivity index (χ3v) is 2.93. The Kier molecular flexibility index (Phi) is 2.04. The summed E-state index contributed by atoms with van der Waals surface area (Å²) in [5.74, 6) is -0.0310. The van der Waals surface area contributed by atoms with Crippen molar-refractivity contribution in [1.82, 2.24) is 0 Å². The van der Waals surface area contributed by atoms with Gasteiger partial charge in [-0.25, -0.2) is 4.79 Å². The molecular weight excluding hydrogens is 192 g/mol. The molecule has 0 bridgehead atoms. The van der Waals surface area contributed by atoms with Crippen molar-refractivity contribution >= 4 is 11.8 Å². The maximum Gasteiger partial charge on any atom is 0.342 e. The van der Waals surface area contributed by atoms with Crippen molar-refractivity contribution in [3.63, 3.8) is 0 Å². The van der Waals surface area contributed by atoms with E-state index in [9.17, 15) is 9.59 Å². The van der Waals surface area contributed by atoms with E-state index in [1.165, 1.54) is 0 Å². The van der Waals surface area contributed by atoms with Crippen LogP contribution in [-0.4, -0.2) is 17.4 Å². The van der Waals surface area contributed by atoms with Gasteiger partial charge in [-0.1, -0.05) is 5.57 Å². The summed E-state index contributed by atoms with van der Waals surface area (Å²) < 4.78 is 5.21. The predicted molar refractivity (Wildman–Crippen MR) is 55.1 cm³/mol. The highest BCUT2D eigenvalue weighted by molar-refractivity contribution is 6.22. The van der Waals surface area contributed by atoms with Gasteiger partial charge < -0.3 is 4.74 Å². The zero-order valence-electron chi connectivity index (χ0n) is 9.59. The first-order chi connectivity index (χ1) is 6.81. The highest BCUT2D eigenvalue weighted by Gasteiger charge is 2.53. The van der Waals surface area contributed by atoms with Crippen molar-refractivity contribution < 1.29 is 14.3 Å². The molecule has 0 aromatic carbocycles. The highest BCUT2D eigenvalue weighted by Crippen LogP contribution is 2.52. The zero-order chi connectivity index (χ0) is 11.4. The second-order valence-corrected chi connectivity index (χ2v) is 5.37. The Labute approximate surface area is 89.5 Å². The number of ketones is 1. The largest absolute Gasteiger partial charge is 0.456 e. The number of hydrogen-bond acceptors (Lipinski definition) is 3. The van der Waals surface area contributed by atoms with Crippen molar-refractivity contribution in [2.75, 3.05) is 0 Å². The summed E-state index contributed by atoms with van der Waals surface area (Å²) in [6, 6.07) is 0. The molecule has 0 amide bonds. The SMILES string of the molecule is CC1=C(C(=O)OC(C)(C)C)C(=O)[C@H]2C[C@@H]12. The molecule has 2 aliphatic carbocycles. The average molecular weight is 208 g/mol. The minimum Gasteiger partial charge on any atom is -0.456 e. The van der Waals surface area contributed by atoms with Crippen molar-refractivity contribution in [3.8, 4) is 0 Å². The molecule has 0 saturated heterocycles. The molecule has 2 aliphatic rings. The fourth-order valence-corrected chi connectivity index (χ4v) is 2.12. The summed E-state index contributed by atoms with van der Waals surface area (Å²) in [5.41, 5.74) is 0.711. The van der Waals surface area contributed by atoms with Crippen LogP contribution in [0.2, 0.25) is 0 Å². The van der Waals surface area contributed by atoms with Gasteiger partial charge in [-0.05, 0) is 40.0 Å². The number of carbonyl (C=O) groups excluding carboxylic acids is 2. The number of fused-ring (bicyclic) bond motifs is 1. The molecule has 0 aromatic rings. The van der Waals surface area contributed by atoms with Gasteiger partial charge in [-0.2, -0.15) is 0 Å². The predicted octanol–water partition coefficient (Wildman–Crippen LogP) is 1.86. The Hall–Kier alpha value is -1.12. The lowest BCUT2D eigenvalue weighted by molar-refractivity contribution is -0.150. The van der Waals surface area contributed by atoms with Crippen LogP contribution in [0.5, 0.6) is 0 Å². The second-order valence-electron chi connectivity index (χ2n) is 5.37. The van der Waals surface area contributed by atoms with Crippen LogP contribution in [0.15, 0.2) is 11.1 Å². The average Bonchev–Trinajstić information content (AvgIpc) is 2.73. The van der Waals surface area contributed by atoms with Gasteiger partial charge in [0.2, 0.25) is 0 Å². The van der Waals surface area contributed by atoms with E-state index in [4.69, 9.17) is 4.74 Å². The summed E-state index contributed by atoms with van der Waals surface area (Å²) in [7, 11) is 0. The molecular formula is C12H16O3. The molecule has 0 radical (unpaired) electrons. The smallest absolute Gasteiger partial charge is 0.342 e. The lowest BCUT2D eigenvalue weighted by Gasteiger charge is -2.20. The molecule has 1 saturated carbocycles. The number of esters is 1. The van der Waals surface area contributed by atoms with E-state index in [1.54, 1.807) is 20.8 Å². The van der Waals surface area contributed by atoms with E-state index < -0.39 is 11.6 Å². The molecule has 0 N–H and O–H groups in total. The molecule has 0 aliphatic heterocycles. The number of hydrogen-bond donors (Lipinski definition) is 0. The van der Waals surface area contributed by atoms with E-state index in [2.05, 4.69) is 0 Å². The molecule has 0 spiro atoms. The lowest BCUT2D eigenvalue weighted by atomic mass is 10.1. The fraction of sp³-hybridized carbons (Fsp3) is 0.667. The first-order valence-corrected chi connectivity index (χ1v) is 5.29. The van der Waals surface area contributed by atoms with Gasteiger partial charge in [0, 0.05) is 5.92 Å². The first-order valence-electron chi connectivity index (χ1n) is 5.29. The molecule has 1 fully saturated rings. The van der Waals surface area contributed by atoms with Crippen LogP contribution in [-0.2, 0) is 14.3 Å². The van der Waals surface area contributed by atoms with Gasteiger partial charge in [-0.3, -0.25) is 4.79 Å². The molecule has 3 heteroatoms. The Morgan fingerprint density at radius 2 is 1.93 bits per heavy atom. The maximum absolute atomic E-state index is 11.7. The summed E-state index contributed by atoms with van der Waals surface area (Å²) in [6.07, 6.45) is 0.928. The van der Waals surface area contributed by atoms with Crippen molar-refractivity contribution in [3.05, 3.63) is 11.1 Å². The van der Waals surface area contributed by atoms with E-state index in [1.807, 2.05) is 6.92 Å². The first kappa shape index (κ1) is 10.4. The molecule has 3 nitrogen and oxygen atoms in total. The summed E-state index contributed by atoms with van der Waals surface area (Å²) in [4.78, 5) is 23.5. The molecule has 2 rings (SSSR count). The van der Waals surface area contributed by atoms with Gasteiger partial charge in [-0.15, -0.1) is 0 Å². The molecule has 2 atom stereocenters. The van der Waals surface area contributed by atoms with E-state index >= 15 is 0 Å². The van der Waals surface area contributed by atoms with Gasteiger partial charge in [0.15, 0.2) is 5.78 Å². The normalized spacial score (nSPS) is 29.2. The van der Waals surface area contributed by atoms with Crippen LogP contribution < -0.4 is 0 Å². The Morgan fingerprint density at radius 3 is 2.33 bits per heavy atom. The molecule has 0 heterocycles. The van der Waals surface area contributed by atoms with Gasteiger partial charge in [0.25, 0.3) is 0 Å². The number of carbonyl (C=O) groups is 2. The molecule has 15 heavy (non-hydrogen) atoms. The van der Waals surface area contributed by atoms with Crippen LogP contribution in [0.25, 0.3) is 0 Å². The van der Waals surface area contributed by atoms with Crippen LogP contribution >= 0.6 is 0 Å². The highest BCUT2D eigenvalue weighted by atomic mass is 16.6. The van der Waals surface area contributed by atoms with Crippen molar-refractivity contribution in [2.24, 2.45) is 11.8 Å². The topological polar surface area (TPSA) is 43.4 Å². The van der Waals surface area contributed by atoms with Crippen LogP contribution in [0.4, 0.5) is 0 Å². The summed E-state index contributed by atoms with van der Waals surface area (Å²) in [6.45, 7) is 7.29. The standard InChI is InChI=1S/C12H16O3/c1-6-7-5-8(7)10(13)9(6)11(14)15-12(2,3)4/h7-8H,5H2,1-4H3/t7-,8-/m0/s1. The van der Waals surface area contributed by atoms with Crippen LogP contribution in [0, 0.1) is 11.8 Å². The monoisotopic (exact) mass is 208 g/mol. The minimum atomic E-state index is -0.530. The maximum atomic E-state index is 11.7. The Bertz CT molecular complexity index is 371. The van der Waals surface area contributed by atoms with E-state index in [0.717, 1.165) is 12.0 Å². The number of allylic oxidation sites excluding steroid dienone is 1. The Balaban J connectivity index is 2.18. The van der Waals surface area contributed by atoms with Crippen molar-refractivity contribution in [2.45, 2.75) is 39.7 Å². The third kappa shape index (κ3) is 1.71. The van der Waals surface area contributed by atoms with Crippen LogP contribution in [0.1, 0.15) is 34.1 Å². The molecule has 0 aromatic heterocycles. The summed E-state index contributed by atoms with van der Waals surface area (Å²) >= 11 is 0. The lowest BCUT2D eigenvalue weighted by Crippen LogP contribution is -2.27. The minimum absolute atomic E-state index is 0.00764. The van der Waals surface area contributed by atoms with Gasteiger partial charge >= 0.3 is 5.97 Å². The summed E-state index contributed by atoms with van der Waals surface area (Å²) in [5, 5.41) is 0.